The van der Waals surface area contributed by atoms with Gasteiger partial charge in [-0.15, -0.1) is 0 Å². The van der Waals surface area contributed by atoms with Crippen molar-refractivity contribution in [2.24, 2.45) is 0 Å². The molecule has 2 rings (SSSR count). The minimum absolute atomic E-state index is 0.163. The van der Waals surface area contributed by atoms with Crippen LogP contribution in [0.5, 0.6) is 0 Å². The van der Waals surface area contributed by atoms with E-state index in [1.54, 1.807) is 4.90 Å². The molecule has 0 spiro atoms. The molecule has 3 nitrogen and oxygen atoms in total. The van der Waals surface area contributed by atoms with Crippen molar-refractivity contribution >= 4 is 5.91 Å². The third-order valence-corrected chi connectivity index (χ3v) is 3.43. The molecule has 80 valence electrons. The molecule has 1 aliphatic carbocycles. The highest BCUT2D eigenvalue weighted by Gasteiger charge is 2.32. The molecule has 1 aliphatic heterocycles. The topological polar surface area (TPSA) is 40.5 Å². The van der Waals surface area contributed by atoms with Crippen LogP contribution in [0.1, 0.15) is 51.4 Å². The first kappa shape index (κ1) is 9.97. The highest BCUT2D eigenvalue weighted by molar-refractivity contribution is 5.77. The maximum atomic E-state index is 11.7. The number of likely N-dealkylation sites (tertiary alicyclic amines) is 1. The van der Waals surface area contributed by atoms with Crippen molar-refractivity contribution in [2.45, 2.75) is 63.6 Å². The highest BCUT2D eigenvalue weighted by atomic mass is 16.3. The maximum Gasteiger partial charge on any atom is 0.224 e. The van der Waals surface area contributed by atoms with Crippen molar-refractivity contribution < 1.29 is 9.90 Å². The summed E-state index contributed by atoms with van der Waals surface area (Å²) >= 11 is 0. The Bertz CT molecular complexity index is 211. The monoisotopic (exact) mass is 197 g/mol. The second kappa shape index (κ2) is 4.30. The van der Waals surface area contributed by atoms with E-state index in [0.717, 1.165) is 25.7 Å². The number of aliphatic hydroxyl groups is 1. The van der Waals surface area contributed by atoms with E-state index in [2.05, 4.69) is 0 Å². The number of hydrogen-bond donors (Lipinski definition) is 1. The van der Waals surface area contributed by atoms with Crippen LogP contribution in [0, 0.1) is 0 Å². The molecule has 2 fully saturated rings. The van der Waals surface area contributed by atoms with Crippen molar-refractivity contribution in [3.63, 3.8) is 0 Å². The van der Waals surface area contributed by atoms with Gasteiger partial charge in [0.1, 0.15) is 6.23 Å². The lowest BCUT2D eigenvalue weighted by atomic mass is 9.92. The summed E-state index contributed by atoms with van der Waals surface area (Å²) in [5, 5.41) is 9.80. The number of carbonyl (C=O) groups excluding carboxylic acids is 1. The second-order valence-corrected chi connectivity index (χ2v) is 4.47. The van der Waals surface area contributed by atoms with E-state index in [0.29, 0.717) is 12.5 Å². The summed E-state index contributed by atoms with van der Waals surface area (Å²) in [6, 6.07) is 0.326. The zero-order valence-electron chi connectivity index (χ0n) is 8.61. The van der Waals surface area contributed by atoms with E-state index in [4.69, 9.17) is 0 Å². The number of rotatable bonds is 1. The first-order valence-electron chi connectivity index (χ1n) is 5.78. The van der Waals surface area contributed by atoms with Gasteiger partial charge in [-0.25, -0.2) is 0 Å². The molecule has 1 amide bonds. The Morgan fingerprint density at radius 2 is 1.79 bits per heavy atom. The Morgan fingerprint density at radius 1 is 1.07 bits per heavy atom. The molecule has 0 aromatic rings. The molecule has 1 saturated heterocycles. The van der Waals surface area contributed by atoms with Gasteiger partial charge in [0, 0.05) is 12.5 Å². The number of nitrogens with zero attached hydrogens (tertiary/aromatic N) is 1. The Kier molecular flexibility index (Phi) is 3.06. The van der Waals surface area contributed by atoms with Crippen molar-refractivity contribution in [1.29, 1.82) is 0 Å². The normalized spacial score (nSPS) is 30.8. The predicted octanol–water partition coefficient (Wildman–Crippen LogP) is 1.65. The van der Waals surface area contributed by atoms with Gasteiger partial charge in [-0.1, -0.05) is 19.3 Å². The molecular formula is C11H19NO2. The van der Waals surface area contributed by atoms with Crippen LogP contribution in [0.4, 0.5) is 0 Å². The summed E-state index contributed by atoms with van der Waals surface area (Å²) in [6.45, 7) is 0. The van der Waals surface area contributed by atoms with Gasteiger partial charge in [0.05, 0.1) is 0 Å². The Labute approximate surface area is 85.1 Å². The fourth-order valence-corrected chi connectivity index (χ4v) is 2.68. The number of carbonyl (C=O) groups is 1. The lowest BCUT2D eigenvalue weighted by molar-refractivity contribution is -0.152. The van der Waals surface area contributed by atoms with Crippen LogP contribution in [-0.4, -0.2) is 28.2 Å². The van der Waals surface area contributed by atoms with Crippen LogP contribution < -0.4 is 0 Å². The molecule has 2 aliphatic rings. The molecule has 0 bridgehead atoms. The van der Waals surface area contributed by atoms with Gasteiger partial charge in [0.25, 0.3) is 0 Å². The van der Waals surface area contributed by atoms with Crippen LogP contribution in [0.15, 0.2) is 0 Å². The molecule has 0 radical (unpaired) electrons. The van der Waals surface area contributed by atoms with Gasteiger partial charge in [-0.3, -0.25) is 4.79 Å². The third-order valence-electron chi connectivity index (χ3n) is 3.43. The first-order valence-corrected chi connectivity index (χ1v) is 5.78. The van der Waals surface area contributed by atoms with Crippen molar-refractivity contribution in [3.05, 3.63) is 0 Å². The lowest BCUT2D eigenvalue weighted by Crippen LogP contribution is -2.50. The van der Waals surface area contributed by atoms with E-state index in [1.807, 2.05) is 0 Å². The summed E-state index contributed by atoms with van der Waals surface area (Å²) in [4.78, 5) is 13.4. The molecule has 0 aromatic carbocycles. The zero-order chi connectivity index (χ0) is 9.97. The zero-order valence-corrected chi connectivity index (χ0v) is 8.61. The maximum absolute atomic E-state index is 11.7. The number of amides is 1. The van der Waals surface area contributed by atoms with Crippen molar-refractivity contribution in [2.75, 3.05) is 0 Å². The lowest BCUT2D eigenvalue weighted by Gasteiger charge is -2.40. The van der Waals surface area contributed by atoms with Gasteiger partial charge >= 0.3 is 0 Å². The Morgan fingerprint density at radius 3 is 2.43 bits per heavy atom. The van der Waals surface area contributed by atoms with E-state index < -0.39 is 6.23 Å². The van der Waals surface area contributed by atoms with Crippen molar-refractivity contribution in [3.8, 4) is 0 Å². The number of aliphatic hydroxyl groups excluding tert-OH is 1. The largest absolute Gasteiger partial charge is 0.374 e. The van der Waals surface area contributed by atoms with Crippen LogP contribution >= 0.6 is 0 Å². The molecule has 1 heterocycles. The molecule has 1 saturated carbocycles. The van der Waals surface area contributed by atoms with Gasteiger partial charge in [0.15, 0.2) is 0 Å². The Hall–Kier alpha value is -0.570. The van der Waals surface area contributed by atoms with Gasteiger partial charge in [-0.2, -0.15) is 0 Å². The highest BCUT2D eigenvalue weighted by Crippen LogP contribution is 2.28. The molecular weight excluding hydrogens is 178 g/mol. The standard InChI is InChI=1S/C11H19NO2/c13-10-7-4-8-11(14)12(10)9-5-2-1-3-6-9/h9-10,13H,1-8H2. The van der Waals surface area contributed by atoms with Crippen LogP contribution in [-0.2, 0) is 4.79 Å². The fraction of sp³-hybridized carbons (Fsp3) is 0.909. The molecule has 1 N–H and O–H groups in total. The number of piperidine rings is 1. The SMILES string of the molecule is O=C1CCCC(O)N1C1CCCCC1. The predicted molar refractivity (Wildman–Crippen MR) is 53.6 cm³/mol. The van der Waals surface area contributed by atoms with Crippen LogP contribution in [0.25, 0.3) is 0 Å². The average molecular weight is 197 g/mol. The van der Waals surface area contributed by atoms with E-state index in [9.17, 15) is 9.90 Å². The van der Waals surface area contributed by atoms with Crippen LogP contribution in [0.3, 0.4) is 0 Å². The molecule has 1 atom stereocenters. The Balaban J connectivity index is 2.01. The number of hydrogen-bond acceptors (Lipinski definition) is 2. The molecule has 14 heavy (non-hydrogen) atoms. The van der Waals surface area contributed by atoms with Gasteiger partial charge in [0.2, 0.25) is 5.91 Å². The van der Waals surface area contributed by atoms with E-state index in [1.165, 1.54) is 19.3 Å². The molecule has 1 unspecified atom stereocenters. The van der Waals surface area contributed by atoms with Gasteiger partial charge < -0.3 is 10.0 Å². The summed E-state index contributed by atoms with van der Waals surface area (Å²) in [5.74, 6) is 0.163. The van der Waals surface area contributed by atoms with E-state index >= 15 is 0 Å². The summed E-state index contributed by atoms with van der Waals surface area (Å²) in [5.41, 5.74) is 0. The third kappa shape index (κ3) is 1.92. The van der Waals surface area contributed by atoms with E-state index in [-0.39, 0.29) is 5.91 Å². The summed E-state index contributed by atoms with van der Waals surface area (Å²) < 4.78 is 0. The minimum Gasteiger partial charge on any atom is -0.374 e. The van der Waals surface area contributed by atoms with Crippen molar-refractivity contribution in [1.82, 2.24) is 4.90 Å². The molecule has 3 heteroatoms. The first-order chi connectivity index (χ1) is 6.79. The molecule has 0 aromatic heterocycles. The van der Waals surface area contributed by atoms with Crippen LogP contribution in [0.2, 0.25) is 0 Å². The average Bonchev–Trinajstić information content (AvgIpc) is 2.19. The summed E-state index contributed by atoms with van der Waals surface area (Å²) in [6.07, 6.45) is 7.63. The minimum atomic E-state index is -0.501. The summed E-state index contributed by atoms with van der Waals surface area (Å²) in [7, 11) is 0. The van der Waals surface area contributed by atoms with Gasteiger partial charge in [-0.05, 0) is 25.7 Å². The smallest absolute Gasteiger partial charge is 0.224 e. The quantitative estimate of drug-likeness (QED) is 0.694. The second-order valence-electron chi connectivity index (χ2n) is 4.47. The fourth-order valence-electron chi connectivity index (χ4n) is 2.68.